The molecular weight excluding hydrogens is 368 g/mol. The monoisotopic (exact) mass is 414 g/mol. The van der Waals surface area contributed by atoms with Gasteiger partial charge in [-0.25, -0.2) is 0 Å². The number of carboxylic acid groups (broad SMARTS) is 1. The smallest absolute Gasteiger partial charge is 0.308 e. The first-order valence-electron chi connectivity index (χ1n) is 12.1. The number of carbonyl (C=O) groups is 2. The largest absolute Gasteiger partial charge is 0.481 e. The summed E-state index contributed by atoms with van der Waals surface area (Å²) >= 11 is 0. The first-order chi connectivity index (χ1) is 14.0. The van der Waals surface area contributed by atoms with Crippen LogP contribution in [0.5, 0.6) is 0 Å². The lowest BCUT2D eigenvalue weighted by Gasteiger charge is -2.17. The van der Waals surface area contributed by atoms with Gasteiger partial charge in [-0.2, -0.15) is 0 Å². The zero-order valence-corrected chi connectivity index (χ0v) is 19.0. The first kappa shape index (κ1) is 27.9. The fourth-order valence-electron chi connectivity index (χ4n) is 3.59. The average Bonchev–Trinajstić information content (AvgIpc) is 2.66. The van der Waals surface area contributed by atoms with Gasteiger partial charge >= 0.3 is 11.9 Å². The summed E-state index contributed by atoms with van der Waals surface area (Å²) in [4.78, 5) is 23.1. The number of esters is 1. The zero-order valence-electron chi connectivity index (χ0n) is 19.0. The van der Waals surface area contributed by atoms with Gasteiger partial charge in [0, 0.05) is 0 Å². The molecule has 0 spiro atoms. The number of aliphatic hydroxyl groups is 1. The SMILES string of the molecule is CCCCCCCCCCC(O)CC(=O)OC(CCCCCCCC)CC(=O)O. The van der Waals surface area contributed by atoms with Gasteiger partial charge in [-0.3, -0.25) is 9.59 Å². The normalized spacial score (nSPS) is 13.2. The molecule has 172 valence electrons. The van der Waals surface area contributed by atoms with Gasteiger partial charge in [0.25, 0.3) is 0 Å². The molecule has 0 aromatic carbocycles. The second-order valence-electron chi connectivity index (χ2n) is 8.39. The summed E-state index contributed by atoms with van der Waals surface area (Å²) in [7, 11) is 0. The van der Waals surface area contributed by atoms with Gasteiger partial charge in [0.1, 0.15) is 6.10 Å². The van der Waals surface area contributed by atoms with E-state index in [2.05, 4.69) is 13.8 Å². The van der Waals surface area contributed by atoms with Crippen molar-refractivity contribution in [3.05, 3.63) is 0 Å². The predicted octanol–water partition coefficient (Wildman–Crippen LogP) is 6.41. The second kappa shape index (κ2) is 20.2. The summed E-state index contributed by atoms with van der Waals surface area (Å²) in [5.41, 5.74) is 0. The molecule has 2 N–H and O–H groups in total. The van der Waals surface area contributed by atoms with E-state index in [-0.39, 0.29) is 12.8 Å². The summed E-state index contributed by atoms with van der Waals surface area (Å²) in [5, 5.41) is 19.1. The molecule has 29 heavy (non-hydrogen) atoms. The molecule has 2 unspecified atom stereocenters. The van der Waals surface area contributed by atoms with Gasteiger partial charge in [0.15, 0.2) is 0 Å². The topological polar surface area (TPSA) is 83.8 Å². The van der Waals surface area contributed by atoms with E-state index in [0.717, 1.165) is 32.1 Å². The van der Waals surface area contributed by atoms with E-state index in [1.165, 1.54) is 57.8 Å². The third-order valence-corrected chi connectivity index (χ3v) is 5.37. The molecule has 5 heteroatoms. The van der Waals surface area contributed by atoms with E-state index >= 15 is 0 Å². The second-order valence-corrected chi connectivity index (χ2v) is 8.39. The third kappa shape index (κ3) is 20.0. The molecule has 0 radical (unpaired) electrons. The van der Waals surface area contributed by atoms with E-state index in [9.17, 15) is 14.7 Å². The molecule has 0 heterocycles. The molecular formula is C24H46O5. The van der Waals surface area contributed by atoms with Crippen LogP contribution in [0, 0.1) is 0 Å². The molecule has 0 aliphatic heterocycles. The summed E-state index contributed by atoms with van der Waals surface area (Å²) < 4.78 is 5.36. The molecule has 5 nitrogen and oxygen atoms in total. The molecule has 2 atom stereocenters. The Kier molecular flexibility index (Phi) is 19.4. The Morgan fingerprint density at radius 1 is 0.690 bits per heavy atom. The molecule has 0 saturated heterocycles. The highest BCUT2D eigenvalue weighted by molar-refractivity contribution is 5.71. The fraction of sp³-hybridized carbons (Fsp3) is 0.917. The first-order valence-corrected chi connectivity index (χ1v) is 12.1. The lowest BCUT2D eigenvalue weighted by molar-refractivity contribution is -0.155. The Hall–Kier alpha value is -1.10. The lowest BCUT2D eigenvalue weighted by atomic mass is 10.0. The maximum Gasteiger partial charge on any atom is 0.308 e. The van der Waals surface area contributed by atoms with E-state index < -0.39 is 24.1 Å². The van der Waals surface area contributed by atoms with E-state index in [1.54, 1.807) is 0 Å². The van der Waals surface area contributed by atoms with Gasteiger partial charge in [-0.15, -0.1) is 0 Å². The quantitative estimate of drug-likeness (QED) is 0.168. The van der Waals surface area contributed by atoms with E-state index in [1.807, 2.05) is 0 Å². The maximum absolute atomic E-state index is 12.1. The number of rotatable bonds is 21. The van der Waals surface area contributed by atoms with Crippen LogP contribution < -0.4 is 0 Å². The number of carboxylic acids is 1. The molecule has 0 aliphatic rings. The molecule has 0 aliphatic carbocycles. The maximum atomic E-state index is 12.1. The molecule has 0 fully saturated rings. The highest BCUT2D eigenvalue weighted by atomic mass is 16.5. The molecule has 0 saturated carbocycles. The summed E-state index contributed by atoms with van der Waals surface area (Å²) in [6, 6.07) is 0. The Bertz CT molecular complexity index is 397. The molecule has 0 aromatic rings. The van der Waals surface area contributed by atoms with Crippen LogP contribution in [0.15, 0.2) is 0 Å². The molecule has 0 aromatic heterocycles. The van der Waals surface area contributed by atoms with Gasteiger partial charge in [-0.05, 0) is 19.3 Å². The number of ether oxygens (including phenoxy) is 1. The molecule has 0 bridgehead atoms. The molecule has 0 rings (SSSR count). The van der Waals surface area contributed by atoms with Crippen molar-refractivity contribution in [2.45, 2.75) is 142 Å². The Morgan fingerprint density at radius 2 is 1.14 bits per heavy atom. The van der Waals surface area contributed by atoms with Crippen LogP contribution in [0.1, 0.15) is 129 Å². The zero-order chi connectivity index (χ0) is 21.7. The minimum absolute atomic E-state index is 0.0386. The van der Waals surface area contributed by atoms with Gasteiger partial charge in [0.2, 0.25) is 0 Å². The fourth-order valence-corrected chi connectivity index (χ4v) is 3.59. The van der Waals surface area contributed by atoms with Crippen molar-refractivity contribution in [3.63, 3.8) is 0 Å². The van der Waals surface area contributed by atoms with Crippen molar-refractivity contribution in [3.8, 4) is 0 Å². The van der Waals surface area contributed by atoms with E-state index in [0.29, 0.717) is 12.8 Å². The van der Waals surface area contributed by atoms with Crippen LogP contribution in [0.2, 0.25) is 0 Å². The number of hydrogen-bond acceptors (Lipinski definition) is 4. The van der Waals surface area contributed by atoms with Crippen LogP contribution in [-0.4, -0.2) is 34.4 Å². The summed E-state index contributed by atoms with van der Waals surface area (Å²) in [6.45, 7) is 4.39. The van der Waals surface area contributed by atoms with E-state index in [4.69, 9.17) is 9.84 Å². The van der Waals surface area contributed by atoms with Crippen molar-refractivity contribution in [2.75, 3.05) is 0 Å². The Balaban J connectivity index is 3.92. The summed E-state index contributed by atoms with van der Waals surface area (Å²) in [6.07, 6.45) is 16.0. The highest BCUT2D eigenvalue weighted by Crippen LogP contribution is 2.16. The van der Waals surface area contributed by atoms with Crippen molar-refractivity contribution in [2.24, 2.45) is 0 Å². The van der Waals surface area contributed by atoms with Crippen LogP contribution in [0.25, 0.3) is 0 Å². The minimum Gasteiger partial charge on any atom is -0.481 e. The number of hydrogen-bond donors (Lipinski definition) is 2. The number of aliphatic hydroxyl groups excluding tert-OH is 1. The number of unbranched alkanes of at least 4 members (excludes halogenated alkanes) is 12. The predicted molar refractivity (Wildman–Crippen MR) is 118 cm³/mol. The standard InChI is InChI=1S/C24H46O5/c1-3-5-7-9-11-12-13-15-17-21(25)19-24(28)29-22(20-23(26)27)18-16-14-10-8-6-4-2/h21-22,25H,3-20H2,1-2H3,(H,26,27). The van der Waals surface area contributed by atoms with Crippen LogP contribution in [-0.2, 0) is 14.3 Å². The average molecular weight is 415 g/mol. The molecule has 0 amide bonds. The van der Waals surface area contributed by atoms with Crippen molar-refractivity contribution >= 4 is 11.9 Å². The highest BCUT2D eigenvalue weighted by Gasteiger charge is 2.20. The van der Waals surface area contributed by atoms with Crippen molar-refractivity contribution < 1.29 is 24.5 Å². The van der Waals surface area contributed by atoms with Crippen molar-refractivity contribution in [1.29, 1.82) is 0 Å². The van der Waals surface area contributed by atoms with Crippen LogP contribution in [0.4, 0.5) is 0 Å². The third-order valence-electron chi connectivity index (χ3n) is 5.37. The van der Waals surface area contributed by atoms with Crippen LogP contribution in [0.3, 0.4) is 0 Å². The summed E-state index contributed by atoms with van der Waals surface area (Å²) in [5.74, 6) is -1.43. The number of carbonyl (C=O) groups excluding carboxylic acids is 1. The Morgan fingerprint density at radius 3 is 1.62 bits per heavy atom. The van der Waals surface area contributed by atoms with Crippen LogP contribution >= 0.6 is 0 Å². The lowest BCUT2D eigenvalue weighted by Crippen LogP contribution is -2.24. The van der Waals surface area contributed by atoms with Gasteiger partial charge in [0.05, 0.1) is 18.9 Å². The minimum atomic E-state index is -0.951. The van der Waals surface area contributed by atoms with Crippen molar-refractivity contribution in [1.82, 2.24) is 0 Å². The number of aliphatic carboxylic acids is 1. The van der Waals surface area contributed by atoms with Gasteiger partial charge < -0.3 is 14.9 Å². The van der Waals surface area contributed by atoms with Gasteiger partial charge in [-0.1, -0.05) is 97.3 Å². The Labute approximate surface area is 178 Å².